The number of halogens is 2. The summed E-state index contributed by atoms with van der Waals surface area (Å²) in [6.45, 7) is 3.68. The number of rotatable bonds is 5. The van der Waals surface area contributed by atoms with Crippen molar-refractivity contribution in [2.45, 2.75) is 38.5 Å². The average Bonchev–Trinajstić information content (AvgIpc) is 2.81. The van der Waals surface area contributed by atoms with Gasteiger partial charge in [-0.3, -0.25) is 4.79 Å². The molecule has 0 spiro atoms. The summed E-state index contributed by atoms with van der Waals surface area (Å²) in [5, 5.41) is 21.8. The van der Waals surface area contributed by atoms with Crippen molar-refractivity contribution in [3.05, 3.63) is 21.4 Å². The smallest absolute Gasteiger partial charge is 0.407 e. The second kappa shape index (κ2) is 8.27. The van der Waals surface area contributed by atoms with Crippen LogP contribution in [0.15, 0.2) is 0 Å². The second-order valence-corrected chi connectivity index (χ2v) is 6.83. The highest BCUT2D eigenvalue weighted by atomic mass is 35.5. The number of likely N-dealkylation sites (tertiary alicyclic amines) is 1. The van der Waals surface area contributed by atoms with Gasteiger partial charge in [-0.2, -0.15) is 0 Å². The van der Waals surface area contributed by atoms with Gasteiger partial charge in [0.05, 0.1) is 41.4 Å². The average molecular weight is 394 g/mol. The molecule has 2 rings (SSSR count). The SMILES string of the molecule is Cc1[nH]c(C(=O)NC2CCN(C(=O)O)CC2OCC(C)O)c(Cl)c1Cl. The molecule has 4 N–H and O–H groups in total. The molecule has 0 aromatic carbocycles. The molecule has 1 aromatic heterocycles. The predicted octanol–water partition coefficient (Wildman–Crippen LogP) is 1.88. The molecular weight excluding hydrogens is 373 g/mol. The quantitative estimate of drug-likeness (QED) is 0.609. The maximum absolute atomic E-state index is 12.5. The monoisotopic (exact) mass is 393 g/mol. The first-order valence-electron chi connectivity index (χ1n) is 7.82. The van der Waals surface area contributed by atoms with Gasteiger partial charge < -0.3 is 30.2 Å². The molecule has 3 atom stereocenters. The standard InChI is InChI=1S/C15H21Cl2N3O5/c1-7(21)6-25-10-5-20(15(23)24)4-3-9(10)19-14(22)13-12(17)11(16)8(2)18-13/h7,9-10,18,21H,3-6H2,1-2H3,(H,19,22)(H,23,24). The summed E-state index contributed by atoms with van der Waals surface area (Å²) in [6.07, 6.45) is -1.94. The highest BCUT2D eigenvalue weighted by Crippen LogP contribution is 2.29. The van der Waals surface area contributed by atoms with Crippen LogP contribution in [0.3, 0.4) is 0 Å². The number of H-pyrrole nitrogens is 1. The molecule has 1 aliphatic rings. The van der Waals surface area contributed by atoms with Crippen molar-refractivity contribution >= 4 is 35.2 Å². The zero-order valence-corrected chi connectivity index (χ0v) is 15.4. The first-order chi connectivity index (χ1) is 11.7. The number of nitrogens with one attached hydrogen (secondary N) is 2. The van der Waals surface area contributed by atoms with E-state index in [-0.39, 0.29) is 35.4 Å². The minimum absolute atomic E-state index is 0.0404. The van der Waals surface area contributed by atoms with Crippen molar-refractivity contribution < 1.29 is 24.5 Å². The number of amides is 2. The molecule has 140 valence electrons. The first-order valence-corrected chi connectivity index (χ1v) is 8.58. The molecule has 8 nitrogen and oxygen atoms in total. The van der Waals surface area contributed by atoms with Gasteiger partial charge in [0, 0.05) is 12.2 Å². The van der Waals surface area contributed by atoms with E-state index in [9.17, 15) is 14.7 Å². The molecule has 1 aliphatic heterocycles. The molecule has 1 fully saturated rings. The van der Waals surface area contributed by atoms with E-state index in [0.29, 0.717) is 12.1 Å². The molecule has 1 saturated heterocycles. The van der Waals surface area contributed by atoms with Crippen molar-refractivity contribution in [3.63, 3.8) is 0 Å². The molecule has 3 unspecified atom stereocenters. The molecule has 2 heterocycles. The molecular formula is C15H21Cl2N3O5. The molecule has 0 bridgehead atoms. The Bertz CT molecular complexity index is 649. The van der Waals surface area contributed by atoms with Crippen molar-refractivity contribution in [2.24, 2.45) is 0 Å². The van der Waals surface area contributed by atoms with Crippen molar-refractivity contribution in [2.75, 3.05) is 19.7 Å². The van der Waals surface area contributed by atoms with Crippen LogP contribution in [0.25, 0.3) is 0 Å². The Morgan fingerprint density at radius 1 is 1.44 bits per heavy atom. The third-order valence-electron chi connectivity index (χ3n) is 3.98. The second-order valence-electron chi connectivity index (χ2n) is 6.07. The first kappa shape index (κ1) is 19.8. The molecule has 1 aromatic rings. The van der Waals surface area contributed by atoms with E-state index in [1.54, 1.807) is 13.8 Å². The molecule has 0 aliphatic carbocycles. The van der Waals surface area contributed by atoms with Gasteiger partial charge >= 0.3 is 6.09 Å². The Hall–Kier alpha value is -1.48. The summed E-state index contributed by atoms with van der Waals surface area (Å²) in [5.41, 5.74) is 0.735. The van der Waals surface area contributed by atoms with Crippen molar-refractivity contribution in [3.8, 4) is 0 Å². The number of aromatic amines is 1. The molecule has 0 radical (unpaired) electrons. The molecule has 2 amide bonds. The molecule has 25 heavy (non-hydrogen) atoms. The Labute approximate surface area is 155 Å². The number of piperidine rings is 1. The maximum atomic E-state index is 12.5. The van der Waals surface area contributed by atoms with Crippen LogP contribution in [-0.2, 0) is 4.74 Å². The lowest BCUT2D eigenvalue weighted by atomic mass is 10.0. The summed E-state index contributed by atoms with van der Waals surface area (Å²) in [7, 11) is 0. The van der Waals surface area contributed by atoms with Gasteiger partial charge in [0.1, 0.15) is 5.69 Å². The fourth-order valence-electron chi connectivity index (χ4n) is 2.66. The fourth-order valence-corrected chi connectivity index (χ4v) is 3.07. The zero-order chi connectivity index (χ0) is 18.7. The Kier molecular flexibility index (Phi) is 6.56. The largest absolute Gasteiger partial charge is 0.465 e. The zero-order valence-electron chi connectivity index (χ0n) is 13.9. The molecule has 0 saturated carbocycles. The predicted molar refractivity (Wildman–Crippen MR) is 92.4 cm³/mol. The number of carboxylic acid groups (broad SMARTS) is 1. The summed E-state index contributed by atoms with van der Waals surface area (Å²) < 4.78 is 5.59. The normalized spacial score (nSPS) is 21.9. The van der Waals surface area contributed by atoms with Crippen LogP contribution in [0, 0.1) is 6.92 Å². The Morgan fingerprint density at radius 2 is 2.12 bits per heavy atom. The van der Waals surface area contributed by atoms with Crippen LogP contribution in [-0.4, -0.2) is 70.0 Å². The number of carbonyl (C=O) groups is 2. The highest BCUT2D eigenvalue weighted by Gasteiger charge is 2.34. The lowest BCUT2D eigenvalue weighted by molar-refractivity contribution is -0.0458. The number of carbonyl (C=O) groups excluding carboxylic acids is 1. The van der Waals surface area contributed by atoms with Gasteiger partial charge in [-0.25, -0.2) is 4.79 Å². The number of aliphatic hydroxyl groups excluding tert-OH is 1. The third kappa shape index (κ3) is 4.78. The van der Waals surface area contributed by atoms with E-state index in [1.807, 2.05) is 0 Å². The van der Waals surface area contributed by atoms with Crippen LogP contribution in [0.5, 0.6) is 0 Å². The molecule has 10 heteroatoms. The highest BCUT2D eigenvalue weighted by molar-refractivity contribution is 6.44. The van der Waals surface area contributed by atoms with Crippen LogP contribution in [0.1, 0.15) is 29.5 Å². The fraction of sp³-hybridized carbons (Fsp3) is 0.600. The number of hydrogen-bond donors (Lipinski definition) is 4. The van der Waals surface area contributed by atoms with Gasteiger partial charge in [0.15, 0.2) is 0 Å². The van der Waals surface area contributed by atoms with E-state index < -0.39 is 30.3 Å². The van der Waals surface area contributed by atoms with Gasteiger partial charge in [0.25, 0.3) is 5.91 Å². The minimum Gasteiger partial charge on any atom is -0.465 e. The number of aromatic nitrogens is 1. The van der Waals surface area contributed by atoms with E-state index in [1.165, 1.54) is 4.90 Å². The summed E-state index contributed by atoms with van der Waals surface area (Å²) in [5.74, 6) is -0.445. The van der Waals surface area contributed by atoms with Gasteiger partial charge in [-0.05, 0) is 20.3 Å². The lowest BCUT2D eigenvalue weighted by Gasteiger charge is -2.37. The Balaban J connectivity index is 2.10. The van der Waals surface area contributed by atoms with Crippen molar-refractivity contribution in [1.29, 1.82) is 0 Å². The van der Waals surface area contributed by atoms with Crippen molar-refractivity contribution in [1.82, 2.24) is 15.2 Å². The van der Waals surface area contributed by atoms with E-state index in [2.05, 4.69) is 10.3 Å². The van der Waals surface area contributed by atoms with Gasteiger partial charge in [-0.15, -0.1) is 0 Å². The van der Waals surface area contributed by atoms with Crippen LogP contribution >= 0.6 is 23.2 Å². The lowest BCUT2D eigenvalue weighted by Crippen LogP contribution is -2.56. The maximum Gasteiger partial charge on any atom is 0.407 e. The number of aliphatic hydroxyl groups is 1. The van der Waals surface area contributed by atoms with Crippen LogP contribution in [0.4, 0.5) is 4.79 Å². The van der Waals surface area contributed by atoms with Crippen LogP contribution < -0.4 is 5.32 Å². The number of hydrogen-bond acceptors (Lipinski definition) is 4. The van der Waals surface area contributed by atoms with Gasteiger partial charge in [-0.1, -0.05) is 23.2 Å². The van der Waals surface area contributed by atoms with Crippen LogP contribution in [0.2, 0.25) is 10.0 Å². The number of aryl methyl sites for hydroxylation is 1. The van der Waals surface area contributed by atoms with Gasteiger partial charge in [0.2, 0.25) is 0 Å². The summed E-state index contributed by atoms with van der Waals surface area (Å²) in [4.78, 5) is 27.7. The summed E-state index contributed by atoms with van der Waals surface area (Å²) in [6, 6.07) is -0.416. The summed E-state index contributed by atoms with van der Waals surface area (Å²) >= 11 is 12.0. The number of ether oxygens (including phenoxy) is 1. The third-order valence-corrected chi connectivity index (χ3v) is 4.93. The topological polar surface area (TPSA) is 115 Å². The number of nitrogens with zero attached hydrogens (tertiary/aromatic N) is 1. The van der Waals surface area contributed by atoms with E-state index in [4.69, 9.17) is 33.0 Å². The van der Waals surface area contributed by atoms with E-state index >= 15 is 0 Å². The Morgan fingerprint density at radius 3 is 2.64 bits per heavy atom. The minimum atomic E-state index is -1.05. The van der Waals surface area contributed by atoms with E-state index in [0.717, 1.165) is 0 Å².